The van der Waals surface area contributed by atoms with E-state index in [9.17, 15) is 0 Å². The summed E-state index contributed by atoms with van der Waals surface area (Å²) in [5.41, 5.74) is 2.69. The molecule has 2 heterocycles. The van der Waals surface area contributed by atoms with Gasteiger partial charge in [-0.1, -0.05) is 13.8 Å². The van der Waals surface area contributed by atoms with Crippen molar-refractivity contribution in [3.8, 4) is 0 Å². The Morgan fingerprint density at radius 1 is 1.18 bits per heavy atom. The maximum atomic E-state index is 5.63. The Hall–Kier alpha value is -0.830. The lowest BCUT2D eigenvalue weighted by Gasteiger charge is -2.24. The normalized spacial score (nSPS) is 37.1. The summed E-state index contributed by atoms with van der Waals surface area (Å²) in [6.45, 7) is 7.66. The van der Waals surface area contributed by atoms with Crippen LogP contribution in [0.1, 0.15) is 50.3 Å². The highest BCUT2D eigenvalue weighted by Crippen LogP contribution is 2.32. The first-order valence-corrected chi connectivity index (χ1v) is 6.82. The van der Waals surface area contributed by atoms with E-state index >= 15 is 0 Å². The summed E-state index contributed by atoms with van der Waals surface area (Å²) < 4.78 is 5.63. The summed E-state index contributed by atoms with van der Waals surface area (Å²) in [5, 5.41) is 0. The van der Waals surface area contributed by atoms with E-state index in [0.29, 0.717) is 12.0 Å². The Morgan fingerprint density at radius 3 is 2.65 bits per heavy atom. The van der Waals surface area contributed by atoms with Gasteiger partial charge >= 0.3 is 0 Å². The zero-order valence-electron chi connectivity index (χ0n) is 11.0. The van der Waals surface area contributed by atoms with E-state index in [0.717, 1.165) is 37.7 Å². The van der Waals surface area contributed by atoms with Crippen molar-refractivity contribution in [2.75, 3.05) is 6.61 Å². The second-order valence-electron chi connectivity index (χ2n) is 5.99. The molecule has 4 atom stereocenters. The molecular formula is C14H22N2O. The van der Waals surface area contributed by atoms with Crippen LogP contribution in [-0.4, -0.2) is 22.7 Å². The number of fused-ring (bicyclic) bond motifs is 1. The second-order valence-corrected chi connectivity index (χ2v) is 5.99. The molecule has 1 saturated heterocycles. The number of nitrogens with zero attached hydrogens (tertiary/aromatic N) is 1. The average Bonchev–Trinajstić information content (AvgIpc) is 2.85. The maximum Gasteiger partial charge on any atom is 0.112 e. The van der Waals surface area contributed by atoms with Crippen LogP contribution in [0.3, 0.4) is 0 Å². The molecule has 1 fully saturated rings. The third kappa shape index (κ3) is 2.01. The molecule has 94 valence electrons. The van der Waals surface area contributed by atoms with Crippen molar-refractivity contribution in [2.24, 2.45) is 11.8 Å². The predicted molar refractivity (Wildman–Crippen MR) is 67.1 cm³/mol. The van der Waals surface area contributed by atoms with Crippen LogP contribution in [-0.2, 0) is 17.6 Å². The molecule has 2 aliphatic rings. The molecule has 0 saturated carbocycles. The number of aromatic amines is 1. The minimum Gasteiger partial charge on any atom is -0.378 e. The van der Waals surface area contributed by atoms with Crippen LogP contribution in [0.5, 0.6) is 0 Å². The third-order valence-corrected chi connectivity index (χ3v) is 4.48. The Balaban J connectivity index is 1.82. The van der Waals surface area contributed by atoms with Gasteiger partial charge in [0.05, 0.1) is 18.4 Å². The highest BCUT2D eigenvalue weighted by Gasteiger charge is 2.30. The molecule has 1 aliphatic carbocycles. The molecule has 0 spiro atoms. The number of aromatic nitrogens is 2. The van der Waals surface area contributed by atoms with Gasteiger partial charge in [0.1, 0.15) is 5.82 Å². The highest BCUT2D eigenvalue weighted by molar-refractivity contribution is 5.21. The summed E-state index contributed by atoms with van der Waals surface area (Å²) in [7, 11) is 0. The Morgan fingerprint density at radius 2 is 1.94 bits per heavy atom. The van der Waals surface area contributed by atoms with Gasteiger partial charge in [0.25, 0.3) is 0 Å². The molecule has 0 amide bonds. The fourth-order valence-electron chi connectivity index (χ4n) is 3.04. The zero-order valence-corrected chi connectivity index (χ0v) is 11.0. The second kappa shape index (κ2) is 4.13. The highest BCUT2D eigenvalue weighted by atomic mass is 16.5. The minimum absolute atomic E-state index is 0.389. The summed E-state index contributed by atoms with van der Waals surface area (Å²) >= 11 is 0. The molecule has 1 N–H and O–H groups in total. The molecule has 1 aliphatic heterocycles. The lowest BCUT2D eigenvalue weighted by molar-refractivity contribution is 0.123. The minimum atomic E-state index is 0.389. The van der Waals surface area contributed by atoms with E-state index in [1.165, 1.54) is 17.2 Å². The number of ether oxygens (including phenoxy) is 1. The van der Waals surface area contributed by atoms with Crippen LogP contribution < -0.4 is 0 Å². The van der Waals surface area contributed by atoms with E-state index < -0.39 is 0 Å². The van der Waals surface area contributed by atoms with Gasteiger partial charge < -0.3 is 9.72 Å². The van der Waals surface area contributed by atoms with Gasteiger partial charge in [0, 0.05) is 11.6 Å². The monoisotopic (exact) mass is 234 g/mol. The third-order valence-electron chi connectivity index (χ3n) is 4.48. The molecule has 17 heavy (non-hydrogen) atoms. The Labute approximate surface area is 103 Å². The molecule has 0 radical (unpaired) electrons. The average molecular weight is 234 g/mol. The van der Waals surface area contributed by atoms with Gasteiger partial charge in [0.2, 0.25) is 0 Å². The number of rotatable bonds is 1. The van der Waals surface area contributed by atoms with Crippen LogP contribution in [0, 0.1) is 11.8 Å². The van der Waals surface area contributed by atoms with Gasteiger partial charge in [0.15, 0.2) is 0 Å². The van der Waals surface area contributed by atoms with Crippen molar-refractivity contribution in [2.45, 2.75) is 52.1 Å². The number of H-pyrrole nitrogens is 1. The molecule has 0 aromatic carbocycles. The number of hydrogen-bond acceptors (Lipinski definition) is 2. The van der Waals surface area contributed by atoms with Gasteiger partial charge in [-0.15, -0.1) is 0 Å². The molecule has 0 bridgehead atoms. The van der Waals surface area contributed by atoms with Crippen LogP contribution in [0.4, 0.5) is 0 Å². The molecule has 3 rings (SSSR count). The standard InChI is InChI=1S/C14H22N2O/c1-8-4-12-13(5-9(8)2)16-14(15-12)11-6-10(3)17-7-11/h8-11H,4-7H2,1-3H3,(H,15,16). The van der Waals surface area contributed by atoms with E-state index in [4.69, 9.17) is 9.72 Å². The quantitative estimate of drug-likeness (QED) is 0.811. The van der Waals surface area contributed by atoms with Crippen molar-refractivity contribution >= 4 is 0 Å². The Bertz CT molecular complexity index is 385. The first-order valence-electron chi connectivity index (χ1n) is 6.82. The first-order chi connectivity index (χ1) is 8.13. The van der Waals surface area contributed by atoms with Crippen LogP contribution in [0.15, 0.2) is 0 Å². The van der Waals surface area contributed by atoms with Crippen LogP contribution >= 0.6 is 0 Å². The fourth-order valence-corrected chi connectivity index (χ4v) is 3.04. The van der Waals surface area contributed by atoms with E-state index in [1.54, 1.807) is 0 Å². The summed E-state index contributed by atoms with van der Waals surface area (Å²) in [6, 6.07) is 0. The van der Waals surface area contributed by atoms with E-state index in [1.807, 2.05) is 0 Å². The van der Waals surface area contributed by atoms with E-state index in [2.05, 4.69) is 25.8 Å². The van der Waals surface area contributed by atoms with Gasteiger partial charge in [-0.3, -0.25) is 0 Å². The Kier molecular flexibility index (Phi) is 2.74. The summed E-state index contributed by atoms with van der Waals surface area (Å²) in [5.74, 6) is 3.19. The molecule has 3 heteroatoms. The lowest BCUT2D eigenvalue weighted by Crippen LogP contribution is -2.20. The number of imidazole rings is 1. The van der Waals surface area contributed by atoms with Crippen molar-refractivity contribution in [1.82, 2.24) is 9.97 Å². The number of hydrogen-bond donors (Lipinski definition) is 1. The fraction of sp³-hybridized carbons (Fsp3) is 0.786. The molecular weight excluding hydrogens is 212 g/mol. The van der Waals surface area contributed by atoms with Crippen molar-refractivity contribution in [3.63, 3.8) is 0 Å². The number of nitrogens with one attached hydrogen (secondary N) is 1. The van der Waals surface area contributed by atoms with Crippen molar-refractivity contribution in [3.05, 3.63) is 17.2 Å². The topological polar surface area (TPSA) is 37.9 Å². The maximum absolute atomic E-state index is 5.63. The van der Waals surface area contributed by atoms with Crippen molar-refractivity contribution in [1.29, 1.82) is 0 Å². The smallest absolute Gasteiger partial charge is 0.112 e. The first kappa shape index (κ1) is 11.3. The SMILES string of the molecule is CC1CC(c2nc3c([nH]2)CC(C)C(C)C3)CO1. The van der Waals surface area contributed by atoms with Gasteiger partial charge in [-0.25, -0.2) is 4.98 Å². The van der Waals surface area contributed by atoms with Crippen LogP contribution in [0.25, 0.3) is 0 Å². The molecule has 4 unspecified atom stereocenters. The van der Waals surface area contributed by atoms with E-state index in [-0.39, 0.29) is 0 Å². The molecule has 1 aromatic heterocycles. The van der Waals surface area contributed by atoms with Gasteiger partial charge in [-0.05, 0) is 38.0 Å². The predicted octanol–water partition coefficient (Wildman–Crippen LogP) is 2.67. The largest absolute Gasteiger partial charge is 0.378 e. The summed E-state index contributed by atoms with van der Waals surface area (Å²) in [6.07, 6.45) is 3.79. The van der Waals surface area contributed by atoms with Crippen molar-refractivity contribution < 1.29 is 4.74 Å². The summed E-state index contributed by atoms with van der Waals surface area (Å²) in [4.78, 5) is 8.37. The zero-order chi connectivity index (χ0) is 12.0. The van der Waals surface area contributed by atoms with Gasteiger partial charge in [-0.2, -0.15) is 0 Å². The molecule has 3 nitrogen and oxygen atoms in total. The lowest BCUT2D eigenvalue weighted by atomic mass is 9.82. The molecule has 1 aromatic rings. The van der Waals surface area contributed by atoms with Crippen LogP contribution in [0.2, 0.25) is 0 Å².